The van der Waals surface area contributed by atoms with E-state index in [0.29, 0.717) is 0 Å². The van der Waals surface area contributed by atoms with E-state index in [2.05, 4.69) is 9.98 Å². The van der Waals surface area contributed by atoms with E-state index in [4.69, 9.17) is 14.6 Å². The van der Waals surface area contributed by atoms with E-state index in [1.807, 2.05) is 24.3 Å². The number of aliphatic carboxylic acids is 1. The monoisotopic (exact) mass is 300 g/mol. The maximum atomic E-state index is 10.9. The molecular weight excluding hydrogens is 284 g/mol. The third-order valence-corrected chi connectivity index (χ3v) is 2.05. The number of hydrogen-bond acceptors (Lipinski definition) is 5. The third kappa shape index (κ3) is 8.87. The van der Waals surface area contributed by atoms with Crippen LogP contribution in [0.25, 0.3) is 0 Å². The van der Waals surface area contributed by atoms with Crippen LogP contribution in [-0.4, -0.2) is 30.3 Å². The molecular formula is C16H16N2O4. The molecule has 22 heavy (non-hydrogen) atoms. The van der Waals surface area contributed by atoms with Crippen LogP contribution in [-0.2, 0) is 14.3 Å². The Labute approximate surface area is 128 Å². The molecule has 1 heterocycles. The van der Waals surface area contributed by atoms with Crippen molar-refractivity contribution >= 4 is 18.6 Å². The van der Waals surface area contributed by atoms with Crippen LogP contribution in [0.1, 0.15) is 0 Å². The van der Waals surface area contributed by atoms with Gasteiger partial charge in [0.25, 0.3) is 0 Å². The largest absolute Gasteiger partial charge is 0.479 e. The number of carboxylic acid groups (broad SMARTS) is 1. The average molecular weight is 300 g/mol. The number of carbonyl (C=O) groups is 1. The third-order valence-electron chi connectivity index (χ3n) is 2.05. The highest BCUT2D eigenvalue weighted by Gasteiger charge is 2.03. The van der Waals surface area contributed by atoms with Gasteiger partial charge >= 0.3 is 5.97 Å². The van der Waals surface area contributed by atoms with Gasteiger partial charge in [-0.1, -0.05) is 30.4 Å². The minimum Gasteiger partial charge on any atom is -0.479 e. The van der Waals surface area contributed by atoms with Crippen molar-refractivity contribution in [3.63, 3.8) is 0 Å². The number of carboxylic acids is 1. The lowest BCUT2D eigenvalue weighted by Gasteiger charge is -1.94. The molecule has 0 aliphatic carbocycles. The highest BCUT2D eigenvalue weighted by molar-refractivity contribution is 5.88. The number of aliphatic imine (C=N–C) groups is 2. The zero-order valence-corrected chi connectivity index (χ0v) is 11.8. The van der Waals surface area contributed by atoms with E-state index < -0.39 is 5.97 Å². The molecule has 6 nitrogen and oxygen atoms in total. The zero-order valence-electron chi connectivity index (χ0n) is 11.8. The van der Waals surface area contributed by atoms with Gasteiger partial charge in [-0.25, -0.2) is 9.79 Å². The van der Waals surface area contributed by atoms with Gasteiger partial charge in [-0.3, -0.25) is 4.99 Å². The second kappa shape index (κ2) is 11.7. The van der Waals surface area contributed by atoms with E-state index in [0.717, 1.165) is 12.6 Å². The van der Waals surface area contributed by atoms with Gasteiger partial charge in [-0.15, -0.1) is 0 Å². The molecule has 0 radical (unpaired) electrons. The van der Waals surface area contributed by atoms with Crippen LogP contribution in [0.4, 0.5) is 0 Å². The first kappa shape index (κ1) is 16.9. The van der Waals surface area contributed by atoms with Gasteiger partial charge in [0.15, 0.2) is 12.1 Å². The minimum atomic E-state index is -1.20. The highest BCUT2D eigenvalue weighted by Crippen LogP contribution is 1.96. The molecule has 0 saturated heterocycles. The maximum Gasteiger partial charge on any atom is 0.356 e. The molecule has 0 aromatic rings. The van der Waals surface area contributed by atoms with E-state index >= 15 is 0 Å². The summed E-state index contributed by atoms with van der Waals surface area (Å²) in [7, 11) is 0. The number of rotatable bonds is 1. The molecule has 0 aromatic heterocycles. The van der Waals surface area contributed by atoms with Gasteiger partial charge in [-0.05, 0) is 18.2 Å². The molecule has 1 aliphatic heterocycles. The molecule has 0 spiro atoms. The lowest BCUT2D eigenvalue weighted by molar-refractivity contribution is -0.132. The lowest BCUT2D eigenvalue weighted by atomic mass is 10.4. The van der Waals surface area contributed by atoms with Crippen LogP contribution in [0.3, 0.4) is 0 Å². The molecule has 0 aromatic carbocycles. The fourth-order valence-electron chi connectivity index (χ4n) is 1.11. The molecule has 114 valence electrons. The Morgan fingerprint density at radius 3 is 2.59 bits per heavy atom. The van der Waals surface area contributed by atoms with Gasteiger partial charge in [0.05, 0.1) is 18.7 Å². The summed E-state index contributed by atoms with van der Waals surface area (Å²) in [6, 6.07) is 0. The fourth-order valence-corrected chi connectivity index (χ4v) is 1.11. The predicted octanol–water partition coefficient (Wildman–Crippen LogP) is 2.75. The van der Waals surface area contributed by atoms with Crippen molar-refractivity contribution < 1.29 is 19.4 Å². The van der Waals surface area contributed by atoms with E-state index in [-0.39, 0.29) is 12.3 Å². The number of hydrogen-bond donors (Lipinski definition) is 1. The van der Waals surface area contributed by atoms with Crippen molar-refractivity contribution in [2.45, 2.75) is 0 Å². The number of nitrogens with zero attached hydrogens (tertiary/aromatic N) is 2. The predicted molar refractivity (Wildman–Crippen MR) is 85.4 cm³/mol. The van der Waals surface area contributed by atoms with Crippen molar-refractivity contribution in [2.75, 3.05) is 6.61 Å². The molecule has 0 unspecified atom stereocenters. The molecule has 1 aliphatic rings. The van der Waals surface area contributed by atoms with Crippen molar-refractivity contribution in [1.82, 2.24) is 0 Å². The summed E-state index contributed by atoms with van der Waals surface area (Å²) in [6.07, 6.45) is 20.6. The van der Waals surface area contributed by atoms with Crippen LogP contribution in [0.5, 0.6) is 0 Å². The first-order chi connectivity index (χ1) is 10.8. The van der Waals surface area contributed by atoms with Crippen molar-refractivity contribution in [2.24, 2.45) is 9.98 Å². The molecule has 0 amide bonds. The lowest BCUT2D eigenvalue weighted by Crippen LogP contribution is -1.99. The SMILES string of the molecule is O=C(O)C1=C/N=C/C=C\O/C=C/C=C\C=C\C=C\CO\C=N\1. The second-order valence-electron chi connectivity index (χ2n) is 3.68. The summed E-state index contributed by atoms with van der Waals surface area (Å²) in [6.45, 7) is 0.282. The minimum absolute atomic E-state index is 0.239. The van der Waals surface area contributed by atoms with Gasteiger partial charge in [0.2, 0.25) is 0 Å². The Bertz CT molecular complexity index is 579. The van der Waals surface area contributed by atoms with Crippen LogP contribution in [0.15, 0.2) is 83.0 Å². The summed E-state index contributed by atoms with van der Waals surface area (Å²) >= 11 is 0. The van der Waals surface area contributed by atoms with E-state index in [9.17, 15) is 4.79 Å². The molecule has 0 fully saturated rings. The fraction of sp³-hybridized carbons (Fsp3) is 0.0625. The van der Waals surface area contributed by atoms with Crippen molar-refractivity contribution in [3.05, 3.63) is 73.0 Å². The average Bonchev–Trinajstić information content (AvgIpc) is 2.50. The Balaban J connectivity index is 2.77. The molecule has 1 rings (SSSR count). The summed E-state index contributed by atoms with van der Waals surface area (Å²) in [5.41, 5.74) is -0.239. The maximum absolute atomic E-state index is 10.9. The highest BCUT2D eigenvalue weighted by atomic mass is 16.5. The van der Waals surface area contributed by atoms with Crippen molar-refractivity contribution in [3.8, 4) is 0 Å². The summed E-state index contributed by atoms with van der Waals surface area (Å²) < 4.78 is 10.1. The van der Waals surface area contributed by atoms with Gasteiger partial charge in [0, 0.05) is 6.21 Å². The Morgan fingerprint density at radius 1 is 1.05 bits per heavy atom. The molecule has 0 atom stereocenters. The normalized spacial score (nSPS) is 28.6. The molecule has 1 N–H and O–H groups in total. The van der Waals surface area contributed by atoms with E-state index in [1.165, 1.54) is 24.8 Å². The van der Waals surface area contributed by atoms with Gasteiger partial charge in [0.1, 0.15) is 6.61 Å². The molecule has 6 heteroatoms. The number of allylic oxidation sites excluding steroid dienone is 7. The van der Waals surface area contributed by atoms with Gasteiger partial charge in [-0.2, -0.15) is 0 Å². The van der Waals surface area contributed by atoms with Crippen LogP contribution >= 0.6 is 0 Å². The molecule has 0 bridgehead atoms. The van der Waals surface area contributed by atoms with Crippen LogP contribution in [0.2, 0.25) is 0 Å². The second-order valence-corrected chi connectivity index (χ2v) is 3.68. The Hall–Kier alpha value is -3.15. The molecule has 0 saturated carbocycles. The Kier molecular flexibility index (Phi) is 8.96. The van der Waals surface area contributed by atoms with Crippen LogP contribution in [0, 0.1) is 0 Å². The smallest absolute Gasteiger partial charge is 0.356 e. The van der Waals surface area contributed by atoms with Crippen molar-refractivity contribution in [1.29, 1.82) is 0 Å². The topological polar surface area (TPSA) is 80.5 Å². The van der Waals surface area contributed by atoms with Crippen LogP contribution < -0.4 is 0 Å². The summed E-state index contributed by atoms with van der Waals surface area (Å²) in [5, 5.41) is 8.93. The zero-order chi connectivity index (χ0) is 15.9. The first-order valence-corrected chi connectivity index (χ1v) is 6.37. The summed E-state index contributed by atoms with van der Waals surface area (Å²) in [4.78, 5) is 18.4. The van der Waals surface area contributed by atoms with Gasteiger partial charge < -0.3 is 14.6 Å². The first-order valence-electron chi connectivity index (χ1n) is 6.37. The standard InChI is InChI=1S/C16H16N2O4/c19-16(20)15-13-17-9-8-12-21-10-6-4-2-1-3-5-7-11-22-14-18-15/h1-10,12-14H,11H2,(H,19,20)/b3-1+,4-2-,7-5+,10-6+,12-8-,15-13-,17-9+,18-14+. The Morgan fingerprint density at radius 2 is 1.77 bits per heavy atom. The summed E-state index contributed by atoms with van der Waals surface area (Å²) in [5.74, 6) is -1.20. The number of ether oxygens (including phenoxy) is 2. The quantitative estimate of drug-likeness (QED) is 0.807. The van der Waals surface area contributed by atoms with E-state index in [1.54, 1.807) is 18.2 Å².